The molecule has 3 rings (SSSR count). The first kappa shape index (κ1) is 17.8. The number of carbonyl (C=O) groups excluding carboxylic acids is 1. The topological polar surface area (TPSA) is 77.0 Å². The number of nitrogens with zero attached hydrogens (tertiary/aromatic N) is 4. The minimum absolute atomic E-state index is 0.134. The maximum absolute atomic E-state index is 12.8. The molecule has 1 amide bonds. The molecule has 6 heteroatoms. The molecule has 0 bridgehead atoms. The van der Waals surface area contributed by atoms with Crippen molar-refractivity contribution in [1.82, 2.24) is 19.9 Å². The molecule has 0 saturated carbocycles. The largest absolute Gasteiger partial charge is 0.336 e. The fraction of sp³-hybridized carbons (Fsp3) is 0.250. The van der Waals surface area contributed by atoms with Crippen molar-refractivity contribution in [3.05, 3.63) is 83.7 Å². The van der Waals surface area contributed by atoms with Gasteiger partial charge in [-0.25, -0.2) is 4.68 Å². The molecule has 0 aliphatic rings. The molecule has 0 aliphatic heterocycles. The number of nitrogens with two attached hydrogens (primary N) is 1. The van der Waals surface area contributed by atoms with Crippen molar-refractivity contribution >= 4 is 5.91 Å². The van der Waals surface area contributed by atoms with Gasteiger partial charge in [0.1, 0.15) is 0 Å². The van der Waals surface area contributed by atoms with E-state index >= 15 is 0 Å². The Morgan fingerprint density at radius 1 is 0.962 bits per heavy atom. The van der Waals surface area contributed by atoms with E-state index in [4.69, 9.17) is 5.73 Å². The van der Waals surface area contributed by atoms with Crippen LogP contribution in [0.4, 0.5) is 0 Å². The average Bonchev–Trinajstić information content (AvgIpc) is 3.14. The van der Waals surface area contributed by atoms with Crippen molar-refractivity contribution in [2.24, 2.45) is 5.73 Å². The van der Waals surface area contributed by atoms with E-state index in [2.05, 4.69) is 22.4 Å². The monoisotopic (exact) mass is 349 g/mol. The molecule has 26 heavy (non-hydrogen) atoms. The number of hydrogen-bond donors (Lipinski definition) is 1. The summed E-state index contributed by atoms with van der Waals surface area (Å²) in [5.74, 6) is -0.134. The zero-order chi connectivity index (χ0) is 18.2. The highest BCUT2D eigenvalue weighted by atomic mass is 16.2. The van der Waals surface area contributed by atoms with Gasteiger partial charge in [0.15, 0.2) is 5.69 Å². The third-order valence-electron chi connectivity index (χ3n) is 4.14. The summed E-state index contributed by atoms with van der Waals surface area (Å²) in [5, 5.41) is 8.13. The van der Waals surface area contributed by atoms with E-state index in [1.165, 1.54) is 5.56 Å². The van der Waals surface area contributed by atoms with Crippen molar-refractivity contribution in [2.45, 2.75) is 13.0 Å². The van der Waals surface area contributed by atoms with Crippen LogP contribution in [-0.2, 0) is 13.0 Å². The summed E-state index contributed by atoms with van der Waals surface area (Å²) >= 11 is 0. The molecule has 1 aromatic heterocycles. The van der Waals surface area contributed by atoms with Gasteiger partial charge in [0.2, 0.25) is 0 Å². The zero-order valence-corrected chi connectivity index (χ0v) is 14.7. The quantitative estimate of drug-likeness (QED) is 0.674. The van der Waals surface area contributed by atoms with Gasteiger partial charge in [-0.2, -0.15) is 0 Å². The number of amides is 1. The molecular formula is C20H23N5O. The molecule has 0 atom stereocenters. The highest BCUT2D eigenvalue weighted by molar-refractivity contribution is 5.91. The van der Waals surface area contributed by atoms with E-state index in [1.807, 2.05) is 48.5 Å². The highest BCUT2D eigenvalue weighted by Gasteiger charge is 2.18. The van der Waals surface area contributed by atoms with Gasteiger partial charge in [-0.1, -0.05) is 65.9 Å². The molecule has 6 nitrogen and oxygen atoms in total. The van der Waals surface area contributed by atoms with Gasteiger partial charge in [-0.05, 0) is 17.5 Å². The second-order valence-corrected chi connectivity index (χ2v) is 6.10. The van der Waals surface area contributed by atoms with Crippen LogP contribution >= 0.6 is 0 Å². The van der Waals surface area contributed by atoms with Crippen molar-refractivity contribution in [2.75, 3.05) is 19.6 Å². The maximum atomic E-state index is 12.8. The van der Waals surface area contributed by atoms with E-state index in [-0.39, 0.29) is 5.91 Å². The summed E-state index contributed by atoms with van der Waals surface area (Å²) in [6.07, 6.45) is 2.48. The van der Waals surface area contributed by atoms with E-state index in [9.17, 15) is 4.79 Å². The molecule has 0 spiro atoms. The van der Waals surface area contributed by atoms with Crippen molar-refractivity contribution in [3.8, 4) is 0 Å². The third kappa shape index (κ3) is 4.77. The molecule has 0 fully saturated rings. The van der Waals surface area contributed by atoms with Crippen LogP contribution in [0.5, 0.6) is 0 Å². The minimum atomic E-state index is -0.134. The van der Waals surface area contributed by atoms with Crippen LogP contribution < -0.4 is 5.73 Å². The molecule has 0 radical (unpaired) electrons. The average molecular weight is 349 g/mol. The summed E-state index contributed by atoms with van der Waals surface area (Å²) in [7, 11) is 0. The Morgan fingerprint density at radius 3 is 2.27 bits per heavy atom. The van der Waals surface area contributed by atoms with Gasteiger partial charge >= 0.3 is 0 Å². The van der Waals surface area contributed by atoms with Crippen molar-refractivity contribution in [3.63, 3.8) is 0 Å². The molecule has 1 heterocycles. The zero-order valence-electron chi connectivity index (χ0n) is 14.7. The molecule has 2 aromatic carbocycles. The lowest BCUT2D eigenvalue weighted by Crippen LogP contribution is -2.37. The van der Waals surface area contributed by atoms with E-state index in [0.29, 0.717) is 31.9 Å². The first-order valence-corrected chi connectivity index (χ1v) is 8.73. The Morgan fingerprint density at radius 2 is 1.62 bits per heavy atom. The van der Waals surface area contributed by atoms with Gasteiger partial charge in [0.05, 0.1) is 12.7 Å². The number of aromatic nitrogens is 3. The fourth-order valence-corrected chi connectivity index (χ4v) is 2.79. The van der Waals surface area contributed by atoms with Crippen LogP contribution in [0, 0.1) is 0 Å². The fourth-order valence-electron chi connectivity index (χ4n) is 2.79. The van der Waals surface area contributed by atoms with E-state index < -0.39 is 0 Å². The predicted octanol–water partition coefficient (Wildman–Crippen LogP) is 1.97. The summed E-state index contributed by atoms with van der Waals surface area (Å²) in [6.45, 7) is 2.10. The smallest absolute Gasteiger partial charge is 0.276 e. The lowest BCUT2D eigenvalue weighted by molar-refractivity contribution is 0.0756. The Bertz CT molecular complexity index is 816. The molecule has 2 N–H and O–H groups in total. The Kier molecular flexibility index (Phi) is 6.11. The van der Waals surface area contributed by atoms with Crippen LogP contribution in [-0.4, -0.2) is 45.4 Å². The normalized spacial score (nSPS) is 10.7. The molecule has 0 aliphatic carbocycles. The second kappa shape index (κ2) is 8.92. The summed E-state index contributed by atoms with van der Waals surface area (Å²) in [6, 6.07) is 20.1. The van der Waals surface area contributed by atoms with E-state index in [1.54, 1.807) is 15.8 Å². The maximum Gasteiger partial charge on any atom is 0.276 e. The molecule has 134 valence electrons. The van der Waals surface area contributed by atoms with Crippen LogP contribution in [0.25, 0.3) is 0 Å². The van der Waals surface area contributed by atoms with Gasteiger partial charge < -0.3 is 10.6 Å². The minimum Gasteiger partial charge on any atom is -0.336 e. The molecule has 3 aromatic rings. The van der Waals surface area contributed by atoms with Gasteiger partial charge in [-0.3, -0.25) is 4.79 Å². The summed E-state index contributed by atoms with van der Waals surface area (Å²) in [5.41, 5.74) is 8.34. The second-order valence-electron chi connectivity index (χ2n) is 6.10. The van der Waals surface area contributed by atoms with Crippen LogP contribution in [0.15, 0.2) is 66.9 Å². The molecular weight excluding hydrogens is 326 g/mol. The lowest BCUT2D eigenvalue weighted by atomic mass is 10.1. The van der Waals surface area contributed by atoms with Crippen LogP contribution in [0.2, 0.25) is 0 Å². The van der Waals surface area contributed by atoms with Gasteiger partial charge in [0.25, 0.3) is 5.91 Å². The van der Waals surface area contributed by atoms with Gasteiger partial charge in [0, 0.05) is 19.6 Å². The van der Waals surface area contributed by atoms with Crippen molar-refractivity contribution in [1.29, 1.82) is 0 Å². The summed E-state index contributed by atoms with van der Waals surface area (Å²) in [4.78, 5) is 14.5. The van der Waals surface area contributed by atoms with Crippen LogP contribution in [0.1, 0.15) is 21.6 Å². The summed E-state index contributed by atoms with van der Waals surface area (Å²) < 4.78 is 1.68. The first-order chi connectivity index (χ1) is 12.8. The first-order valence-electron chi connectivity index (χ1n) is 8.73. The Balaban J connectivity index is 1.65. The number of carbonyl (C=O) groups is 1. The lowest BCUT2D eigenvalue weighted by Gasteiger charge is -2.20. The van der Waals surface area contributed by atoms with Gasteiger partial charge in [-0.15, -0.1) is 5.10 Å². The number of rotatable bonds is 8. The van der Waals surface area contributed by atoms with Crippen molar-refractivity contribution < 1.29 is 4.79 Å². The predicted molar refractivity (Wildman–Crippen MR) is 101 cm³/mol. The molecule has 0 saturated heterocycles. The van der Waals surface area contributed by atoms with E-state index in [0.717, 1.165) is 12.0 Å². The Labute approximate surface area is 153 Å². The molecule has 0 unspecified atom stereocenters. The SMILES string of the molecule is NCCN(CCc1ccccc1)C(=O)c1cn(Cc2ccccc2)nn1. The number of hydrogen-bond acceptors (Lipinski definition) is 4. The highest BCUT2D eigenvalue weighted by Crippen LogP contribution is 2.07. The standard InChI is InChI=1S/C20H23N5O/c21-12-14-24(13-11-17-7-3-1-4-8-17)20(26)19-16-25(23-22-19)15-18-9-5-2-6-10-18/h1-10,16H,11-15,21H2. The number of benzene rings is 2. The Hall–Kier alpha value is -2.99. The van der Waals surface area contributed by atoms with Crippen LogP contribution in [0.3, 0.4) is 0 Å². The third-order valence-corrected chi connectivity index (χ3v) is 4.14.